The monoisotopic (exact) mass is 307 g/mol. The molecule has 1 heterocycles. The molecule has 0 bridgehead atoms. The minimum Gasteiger partial charge on any atom is -0.422 e. The fourth-order valence-corrected chi connectivity index (χ4v) is 2.85. The van der Waals surface area contributed by atoms with Gasteiger partial charge in [-0.1, -0.05) is 12.2 Å². The van der Waals surface area contributed by atoms with Gasteiger partial charge in [-0.25, -0.2) is 4.79 Å². The first kappa shape index (κ1) is 13.8. The molecule has 7 heteroatoms. The van der Waals surface area contributed by atoms with Crippen molar-refractivity contribution in [3.63, 3.8) is 0 Å². The van der Waals surface area contributed by atoms with Gasteiger partial charge >= 0.3 is 15.9 Å². The first-order chi connectivity index (χ1) is 9.94. The van der Waals surface area contributed by atoms with Crippen LogP contribution in [-0.2, 0) is 16.7 Å². The molecular formula is C14H13NO5S. The molecule has 1 aliphatic rings. The summed E-state index contributed by atoms with van der Waals surface area (Å²) in [6.45, 7) is 0. The van der Waals surface area contributed by atoms with Crippen LogP contribution in [-0.4, -0.2) is 8.42 Å². The van der Waals surface area contributed by atoms with Gasteiger partial charge in [-0.15, -0.1) is 0 Å². The average Bonchev–Trinajstić information content (AvgIpc) is 2.62. The third-order valence-electron chi connectivity index (χ3n) is 3.32. The second-order valence-electron chi connectivity index (χ2n) is 4.81. The van der Waals surface area contributed by atoms with Gasteiger partial charge in [0.1, 0.15) is 11.3 Å². The van der Waals surface area contributed by atoms with Crippen molar-refractivity contribution in [2.45, 2.75) is 19.3 Å². The van der Waals surface area contributed by atoms with Gasteiger partial charge in [-0.05, 0) is 37.0 Å². The normalized spacial score (nSPS) is 14.7. The van der Waals surface area contributed by atoms with Crippen LogP contribution in [0.1, 0.15) is 24.0 Å². The molecule has 0 atom stereocenters. The number of aryl methyl sites for hydroxylation is 1. The van der Waals surface area contributed by atoms with E-state index in [2.05, 4.69) is 4.18 Å². The minimum atomic E-state index is -4.11. The molecule has 110 valence electrons. The highest BCUT2D eigenvalue weighted by molar-refractivity contribution is 7.84. The Labute approximate surface area is 121 Å². The second-order valence-corrected chi connectivity index (χ2v) is 5.96. The molecular weight excluding hydrogens is 294 g/mol. The molecule has 2 aromatic rings. The van der Waals surface area contributed by atoms with Crippen molar-refractivity contribution in [1.82, 2.24) is 0 Å². The molecule has 0 unspecified atom stereocenters. The van der Waals surface area contributed by atoms with E-state index in [4.69, 9.17) is 9.56 Å². The predicted molar refractivity (Wildman–Crippen MR) is 78.2 cm³/mol. The van der Waals surface area contributed by atoms with Crippen LogP contribution in [0.15, 0.2) is 33.5 Å². The highest BCUT2D eigenvalue weighted by Crippen LogP contribution is 2.28. The number of fused-ring (bicyclic) bond motifs is 3. The quantitative estimate of drug-likeness (QED) is 0.852. The molecule has 0 spiro atoms. The first-order valence-electron chi connectivity index (χ1n) is 6.42. The summed E-state index contributed by atoms with van der Waals surface area (Å²) in [5, 5.41) is 5.60. The van der Waals surface area contributed by atoms with Crippen LogP contribution in [0.25, 0.3) is 17.0 Å². The molecule has 3 rings (SSSR count). The SMILES string of the molecule is NS(=O)(=O)Oc1ccc2c3c(c(=O)oc2c1)C=CCCC3. The molecule has 0 radical (unpaired) electrons. The molecule has 1 aliphatic carbocycles. The Morgan fingerprint density at radius 1 is 1.29 bits per heavy atom. The number of hydrogen-bond donors (Lipinski definition) is 1. The van der Waals surface area contributed by atoms with Crippen molar-refractivity contribution >= 4 is 27.3 Å². The van der Waals surface area contributed by atoms with Crippen molar-refractivity contribution < 1.29 is 17.0 Å². The van der Waals surface area contributed by atoms with E-state index in [1.165, 1.54) is 12.1 Å². The largest absolute Gasteiger partial charge is 0.422 e. The summed E-state index contributed by atoms with van der Waals surface area (Å²) < 4.78 is 31.7. The third-order valence-corrected chi connectivity index (χ3v) is 3.75. The van der Waals surface area contributed by atoms with E-state index in [0.29, 0.717) is 5.56 Å². The standard InChI is InChI=1S/C14H13NO5S/c15-21(17,18)20-9-6-7-11-10-4-2-1-3-5-12(10)14(16)19-13(11)8-9/h3,5-8H,1-2,4H2,(H2,15,17,18). The van der Waals surface area contributed by atoms with Crippen molar-refractivity contribution in [3.05, 3.63) is 45.8 Å². The summed E-state index contributed by atoms with van der Waals surface area (Å²) in [4.78, 5) is 12.0. The fraction of sp³-hybridized carbons (Fsp3) is 0.214. The summed E-state index contributed by atoms with van der Waals surface area (Å²) in [5.41, 5.74) is 1.32. The lowest BCUT2D eigenvalue weighted by atomic mass is 10.0. The second kappa shape index (κ2) is 5.01. The van der Waals surface area contributed by atoms with Gasteiger partial charge < -0.3 is 8.60 Å². The zero-order chi connectivity index (χ0) is 15.0. The minimum absolute atomic E-state index is 0.0114. The van der Waals surface area contributed by atoms with Crippen molar-refractivity contribution in [2.75, 3.05) is 0 Å². The van der Waals surface area contributed by atoms with Gasteiger partial charge in [0.05, 0.1) is 5.56 Å². The molecule has 0 saturated carbocycles. The maximum absolute atomic E-state index is 12.0. The number of nitrogens with two attached hydrogens (primary N) is 1. The molecule has 1 aromatic carbocycles. The maximum Gasteiger partial charge on any atom is 0.380 e. The van der Waals surface area contributed by atoms with Crippen LogP contribution >= 0.6 is 0 Å². The van der Waals surface area contributed by atoms with Gasteiger partial charge in [0, 0.05) is 11.5 Å². The Bertz CT molecular complexity index is 895. The zero-order valence-corrected chi connectivity index (χ0v) is 11.9. The van der Waals surface area contributed by atoms with Gasteiger partial charge in [0.25, 0.3) is 0 Å². The molecule has 1 aromatic heterocycles. The number of allylic oxidation sites excluding steroid dienone is 1. The van der Waals surface area contributed by atoms with Crippen molar-refractivity contribution in [3.8, 4) is 5.75 Å². The van der Waals surface area contributed by atoms with Gasteiger partial charge in [-0.2, -0.15) is 13.6 Å². The predicted octanol–water partition coefficient (Wildman–Crippen LogP) is 1.72. The van der Waals surface area contributed by atoms with Gasteiger partial charge in [-0.3, -0.25) is 0 Å². The summed E-state index contributed by atoms with van der Waals surface area (Å²) >= 11 is 0. The Balaban J connectivity index is 2.21. The van der Waals surface area contributed by atoms with Crippen LogP contribution in [0.3, 0.4) is 0 Å². The number of hydrogen-bond acceptors (Lipinski definition) is 5. The number of benzene rings is 1. The molecule has 0 saturated heterocycles. The van der Waals surface area contributed by atoms with E-state index < -0.39 is 15.9 Å². The van der Waals surface area contributed by atoms with Crippen LogP contribution in [0.2, 0.25) is 0 Å². The highest BCUT2D eigenvalue weighted by Gasteiger charge is 2.15. The summed E-state index contributed by atoms with van der Waals surface area (Å²) in [7, 11) is -4.11. The van der Waals surface area contributed by atoms with Crippen molar-refractivity contribution in [2.24, 2.45) is 5.14 Å². The lowest BCUT2D eigenvalue weighted by Crippen LogP contribution is -2.19. The third kappa shape index (κ3) is 2.84. The van der Waals surface area contributed by atoms with Crippen LogP contribution in [0.4, 0.5) is 0 Å². The van der Waals surface area contributed by atoms with Crippen LogP contribution in [0.5, 0.6) is 5.75 Å². The Morgan fingerprint density at radius 3 is 2.86 bits per heavy atom. The Kier molecular flexibility index (Phi) is 3.30. The molecule has 2 N–H and O–H groups in total. The van der Waals surface area contributed by atoms with E-state index in [1.807, 2.05) is 6.08 Å². The molecule has 0 aliphatic heterocycles. The summed E-state index contributed by atoms with van der Waals surface area (Å²) in [6, 6.07) is 4.52. The summed E-state index contributed by atoms with van der Waals surface area (Å²) in [6.07, 6.45) is 6.34. The fourth-order valence-electron chi connectivity index (χ4n) is 2.48. The zero-order valence-electron chi connectivity index (χ0n) is 11.0. The average molecular weight is 307 g/mol. The topological polar surface area (TPSA) is 99.6 Å². The van der Waals surface area contributed by atoms with Gasteiger partial charge in [0.2, 0.25) is 0 Å². The van der Waals surface area contributed by atoms with E-state index in [0.717, 1.165) is 30.2 Å². The van der Waals surface area contributed by atoms with E-state index in [1.54, 1.807) is 12.1 Å². The smallest absolute Gasteiger partial charge is 0.380 e. The van der Waals surface area contributed by atoms with Crippen LogP contribution in [0, 0.1) is 0 Å². The lowest BCUT2D eigenvalue weighted by Gasteiger charge is -2.08. The molecule has 0 fully saturated rings. The van der Waals surface area contributed by atoms with Gasteiger partial charge in [0.15, 0.2) is 0 Å². The highest BCUT2D eigenvalue weighted by atomic mass is 32.2. The molecule has 0 amide bonds. The van der Waals surface area contributed by atoms with E-state index in [-0.39, 0.29) is 11.3 Å². The van der Waals surface area contributed by atoms with Crippen LogP contribution < -0.4 is 14.9 Å². The van der Waals surface area contributed by atoms with Crippen molar-refractivity contribution in [1.29, 1.82) is 0 Å². The Morgan fingerprint density at radius 2 is 2.10 bits per heavy atom. The molecule has 21 heavy (non-hydrogen) atoms. The Hall–Kier alpha value is -2.12. The lowest BCUT2D eigenvalue weighted by molar-refractivity contribution is 0.486. The first-order valence-corrected chi connectivity index (χ1v) is 7.90. The maximum atomic E-state index is 12.0. The number of rotatable bonds is 2. The molecule has 6 nitrogen and oxygen atoms in total. The van der Waals surface area contributed by atoms with E-state index in [9.17, 15) is 13.2 Å². The van der Waals surface area contributed by atoms with E-state index >= 15 is 0 Å². The summed E-state index contributed by atoms with van der Waals surface area (Å²) in [5.74, 6) is 0.0114.